The lowest BCUT2D eigenvalue weighted by Crippen LogP contribution is -2.30. The molecule has 0 aliphatic rings. The lowest BCUT2D eigenvalue weighted by Gasteiger charge is -2.16. The molecule has 0 spiro atoms. The minimum absolute atomic E-state index is 0.117. The maximum absolute atomic E-state index is 12.4. The van der Waals surface area contributed by atoms with Crippen LogP contribution in [-0.2, 0) is 4.79 Å². The summed E-state index contributed by atoms with van der Waals surface area (Å²) in [5.74, 6) is -0.117. The second kappa shape index (κ2) is 7.43. The van der Waals surface area contributed by atoms with Gasteiger partial charge in [0.2, 0.25) is 0 Å². The number of aromatic nitrogens is 1. The minimum Gasteiger partial charge on any atom is -0.431 e. The molecule has 0 fully saturated rings. The molecule has 2 aromatic rings. The molecule has 4 heteroatoms. The van der Waals surface area contributed by atoms with Gasteiger partial charge in [-0.2, -0.15) is 4.98 Å². The number of carbonyl (C=O) groups excluding carboxylic acids is 1. The van der Waals surface area contributed by atoms with Gasteiger partial charge in [-0.3, -0.25) is 9.69 Å². The number of benzene rings is 1. The number of anilines is 1. The van der Waals surface area contributed by atoms with Crippen LogP contribution in [0.4, 0.5) is 6.01 Å². The first-order valence-electron chi connectivity index (χ1n) is 7.17. The molecule has 0 unspecified atom stereocenters. The Hall–Kier alpha value is -2.36. The maximum atomic E-state index is 12.4. The van der Waals surface area contributed by atoms with Crippen molar-refractivity contribution >= 4 is 18.0 Å². The zero-order valence-corrected chi connectivity index (χ0v) is 12.5. The largest absolute Gasteiger partial charge is 0.431 e. The van der Waals surface area contributed by atoms with Crippen LogP contribution in [0.5, 0.6) is 0 Å². The van der Waals surface area contributed by atoms with Crippen LogP contribution in [0.3, 0.4) is 0 Å². The number of amides is 1. The molecule has 2 rings (SSSR count). The molecular weight excluding hydrogens is 264 g/mol. The fraction of sp³-hybridized carbons (Fsp3) is 0.294. The summed E-state index contributed by atoms with van der Waals surface area (Å²) in [6, 6.07) is 10.1. The number of unbranched alkanes of at least 4 members (excludes halogenated alkanes) is 1. The number of oxazole rings is 1. The Morgan fingerprint density at radius 3 is 2.71 bits per heavy atom. The molecule has 0 N–H and O–H groups in total. The van der Waals surface area contributed by atoms with Crippen LogP contribution in [0.15, 0.2) is 47.1 Å². The predicted octanol–water partition coefficient (Wildman–Crippen LogP) is 3.83. The number of hydrogen-bond donors (Lipinski definition) is 0. The molecule has 1 aromatic heterocycles. The van der Waals surface area contributed by atoms with Gasteiger partial charge in [-0.15, -0.1) is 0 Å². The van der Waals surface area contributed by atoms with E-state index >= 15 is 0 Å². The van der Waals surface area contributed by atoms with Gasteiger partial charge in [-0.1, -0.05) is 43.7 Å². The normalized spacial score (nSPS) is 11.0. The lowest BCUT2D eigenvalue weighted by atomic mass is 10.2. The highest BCUT2D eigenvalue weighted by molar-refractivity contribution is 6.02. The summed E-state index contributed by atoms with van der Waals surface area (Å²) >= 11 is 0. The van der Waals surface area contributed by atoms with Gasteiger partial charge in [0.15, 0.2) is 0 Å². The highest BCUT2D eigenvalue weighted by atomic mass is 16.4. The van der Waals surface area contributed by atoms with Crippen molar-refractivity contribution < 1.29 is 9.21 Å². The van der Waals surface area contributed by atoms with Gasteiger partial charge in [-0.05, 0) is 25.0 Å². The average molecular weight is 284 g/mol. The first-order chi connectivity index (χ1) is 10.2. The Bertz CT molecular complexity index is 602. The maximum Gasteiger partial charge on any atom is 0.304 e. The zero-order chi connectivity index (χ0) is 15.1. The Labute approximate surface area is 125 Å². The number of hydrogen-bond acceptors (Lipinski definition) is 3. The molecule has 0 saturated carbocycles. The molecule has 0 aliphatic heterocycles. The summed E-state index contributed by atoms with van der Waals surface area (Å²) in [7, 11) is 0. The zero-order valence-electron chi connectivity index (χ0n) is 12.5. The Kier molecular flexibility index (Phi) is 5.32. The summed E-state index contributed by atoms with van der Waals surface area (Å²) in [5.41, 5.74) is 1.76. The van der Waals surface area contributed by atoms with Crippen molar-refractivity contribution in [3.63, 3.8) is 0 Å². The van der Waals surface area contributed by atoms with E-state index in [0.29, 0.717) is 12.6 Å². The lowest BCUT2D eigenvalue weighted by molar-refractivity contribution is -0.114. The van der Waals surface area contributed by atoms with Crippen LogP contribution in [0.1, 0.15) is 31.0 Å². The Morgan fingerprint density at radius 2 is 2.10 bits per heavy atom. The fourth-order valence-electron chi connectivity index (χ4n) is 1.90. The number of rotatable bonds is 6. The van der Waals surface area contributed by atoms with Crippen molar-refractivity contribution in [3.05, 3.63) is 53.9 Å². The molecule has 1 amide bonds. The van der Waals surface area contributed by atoms with E-state index in [1.54, 1.807) is 23.3 Å². The monoisotopic (exact) mass is 284 g/mol. The van der Waals surface area contributed by atoms with Gasteiger partial charge in [0.1, 0.15) is 6.26 Å². The first-order valence-corrected chi connectivity index (χ1v) is 7.17. The summed E-state index contributed by atoms with van der Waals surface area (Å²) < 4.78 is 5.36. The highest BCUT2D eigenvalue weighted by Crippen LogP contribution is 2.15. The molecular formula is C17H20N2O2. The van der Waals surface area contributed by atoms with E-state index in [2.05, 4.69) is 11.9 Å². The van der Waals surface area contributed by atoms with Gasteiger partial charge in [0, 0.05) is 12.6 Å². The van der Waals surface area contributed by atoms with Crippen molar-refractivity contribution in [2.75, 3.05) is 11.4 Å². The molecule has 1 heterocycles. The second-order valence-corrected chi connectivity index (χ2v) is 4.86. The molecule has 0 radical (unpaired) electrons. The van der Waals surface area contributed by atoms with Gasteiger partial charge >= 0.3 is 6.01 Å². The number of nitrogens with zero attached hydrogens (tertiary/aromatic N) is 2. The molecule has 0 saturated heterocycles. The molecule has 4 nitrogen and oxygen atoms in total. The fourth-order valence-corrected chi connectivity index (χ4v) is 1.90. The summed E-state index contributed by atoms with van der Waals surface area (Å²) in [4.78, 5) is 18.2. The SMILES string of the molecule is CCCCN(C(=O)/C=C/c1ccccc1)c1nc(C)co1. The molecule has 0 aliphatic carbocycles. The summed E-state index contributed by atoms with van der Waals surface area (Å²) in [6.07, 6.45) is 6.84. The summed E-state index contributed by atoms with van der Waals surface area (Å²) in [6.45, 7) is 4.53. The van der Waals surface area contributed by atoms with E-state index in [1.165, 1.54) is 0 Å². The topological polar surface area (TPSA) is 46.3 Å². The quantitative estimate of drug-likeness (QED) is 0.757. The number of aryl methyl sites for hydroxylation is 1. The van der Waals surface area contributed by atoms with Crippen molar-refractivity contribution in [3.8, 4) is 0 Å². The minimum atomic E-state index is -0.117. The van der Waals surface area contributed by atoms with E-state index < -0.39 is 0 Å². The van der Waals surface area contributed by atoms with Crippen LogP contribution in [0, 0.1) is 6.92 Å². The van der Waals surface area contributed by atoms with Gasteiger partial charge in [-0.25, -0.2) is 0 Å². The Morgan fingerprint density at radius 1 is 1.33 bits per heavy atom. The number of carbonyl (C=O) groups is 1. The predicted molar refractivity (Wildman–Crippen MR) is 84.0 cm³/mol. The van der Waals surface area contributed by atoms with E-state index in [4.69, 9.17) is 4.42 Å². The molecule has 110 valence electrons. The van der Waals surface area contributed by atoms with Crippen molar-refractivity contribution in [1.29, 1.82) is 0 Å². The van der Waals surface area contributed by atoms with E-state index in [-0.39, 0.29) is 5.91 Å². The first kappa shape index (κ1) is 15.0. The van der Waals surface area contributed by atoms with Gasteiger partial charge < -0.3 is 4.42 Å². The van der Waals surface area contributed by atoms with Crippen LogP contribution >= 0.6 is 0 Å². The standard InChI is InChI=1S/C17H20N2O2/c1-3-4-12-19(17-18-14(2)13-21-17)16(20)11-10-15-8-6-5-7-9-15/h5-11,13H,3-4,12H2,1-2H3/b11-10+. The van der Waals surface area contributed by atoms with Gasteiger partial charge in [0.25, 0.3) is 5.91 Å². The second-order valence-electron chi connectivity index (χ2n) is 4.86. The molecule has 0 bridgehead atoms. The Balaban J connectivity index is 2.12. The van der Waals surface area contributed by atoms with Crippen molar-refractivity contribution in [2.45, 2.75) is 26.7 Å². The third-order valence-electron chi connectivity index (χ3n) is 3.06. The summed E-state index contributed by atoms with van der Waals surface area (Å²) in [5, 5.41) is 0. The van der Waals surface area contributed by atoms with Crippen molar-refractivity contribution in [2.24, 2.45) is 0 Å². The van der Waals surface area contributed by atoms with Crippen LogP contribution < -0.4 is 4.90 Å². The third-order valence-corrected chi connectivity index (χ3v) is 3.06. The van der Waals surface area contributed by atoms with Crippen molar-refractivity contribution in [1.82, 2.24) is 4.98 Å². The molecule has 21 heavy (non-hydrogen) atoms. The van der Waals surface area contributed by atoms with E-state index in [9.17, 15) is 4.79 Å². The smallest absolute Gasteiger partial charge is 0.304 e. The van der Waals surface area contributed by atoms with Crippen LogP contribution in [0.2, 0.25) is 0 Å². The average Bonchev–Trinajstić information content (AvgIpc) is 2.93. The van der Waals surface area contributed by atoms with E-state index in [0.717, 1.165) is 24.1 Å². The molecule has 0 atom stereocenters. The molecule has 1 aromatic carbocycles. The van der Waals surface area contributed by atoms with Crippen LogP contribution in [-0.4, -0.2) is 17.4 Å². The third kappa shape index (κ3) is 4.31. The highest BCUT2D eigenvalue weighted by Gasteiger charge is 2.17. The van der Waals surface area contributed by atoms with Gasteiger partial charge in [0.05, 0.1) is 5.69 Å². The van der Waals surface area contributed by atoms with E-state index in [1.807, 2.05) is 37.3 Å². The van der Waals surface area contributed by atoms with Crippen LogP contribution in [0.25, 0.3) is 6.08 Å².